The molecule has 9 nitrogen and oxygen atoms in total. The van der Waals surface area contributed by atoms with Gasteiger partial charge in [-0.15, -0.1) is 0 Å². The number of aromatic nitrogens is 5. The number of imidazole rings is 1. The molecule has 1 amide bonds. The van der Waals surface area contributed by atoms with Gasteiger partial charge >= 0.3 is 0 Å². The molecule has 2 saturated heterocycles. The summed E-state index contributed by atoms with van der Waals surface area (Å²) in [6.07, 6.45) is 9.23. The third-order valence-electron chi connectivity index (χ3n) is 7.19. The fraction of sp³-hybridized carbons (Fsp3) is 0.500. The third-order valence-corrected chi connectivity index (χ3v) is 7.19. The van der Waals surface area contributed by atoms with E-state index in [-0.39, 0.29) is 35.7 Å². The second kappa shape index (κ2) is 10.3. The molecule has 1 N–H and O–H groups in total. The molecule has 5 heterocycles. The number of ether oxygens (including phenoxy) is 1. The second-order valence-electron chi connectivity index (χ2n) is 9.69. The van der Waals surface area contributed by atoms with Crippen LogP contribution in [-0.2, 0) is 4.74 Å². The topological polar surface area (TPSA) is 98.1 Å². The van der Waals surface area contributed by atoms with Crippen LogP contribution in [0, 0.1) is 12.7 Å². The Morgan fingerprint density at radius 1 is 1.03 bits per heavy atom. The molecule has 0 bridgehead atoms. The summed E-state index contributed by atoms with van der Waals surface area (Å²) >= 11 is 0. The van der Waals surface area contributed by atoms with Crippen molar-refractivity contribution >= 4 is 17.5 Å². The maximum absolute atomic E-state index is 14.9. The second-order valence-corrected chi connectivity index (χ2v) is 9.69. The standard InChI is InChI=1S/C26H32FN7O2/c1-16-5-4-6-17(2)33(16)25(35)22-8-7-19(13-29-22)31-26-30-14-21(27)24(32-26)23-15-28-18(3)34(23)20-9-11-36-12-10-20/h7-8,13-17,20H,4-6,9-12H2,1-3H3,(H,30,31,32). The average Bonchev–Trinajstić information content (AvgIpc) is 3.27. The molecule has 190 valence electrons. The molecular weight excluding hydrogens is 461 g/mol. The van der Waals surface area contributed by atoms with E-state index < -0.39 is 5.82 Å². The van der Waals surface area contributed by atoms with Gasteiger partial charge in [-0.25, -0.2) is 24.3 Å². The number of hydrogen-bond donors (Lipinski definition) is 1. The number of pyridine rings is 1. The lowest BCUT2D eigenvalue weighted by atomic mass is 9.97. The summed E-state index contributed by atoms with van der Waals surface area (Å²) in [5, 5.41) is 3.08. The number of carbonyl (C=O) groups is 1. The number of amides is 1. The van der Waals surface area contributed by atoms with Crippen molar-refractivity contribution in [2.24, 2.45) is 0 Å². The predicted octanol–water partition coefficient (Wildman–Crippen LogP) is 4.68. The van der Waals surface area contributed by atoms with Crippen LogP contribution in [0.25, 0.3) is 11.4 Å². The van der Waals surface area contributed by atoms with Crippen LogP contribution in [-0.4, -0.2) is 60.6 Å². The Labute approximate surface area is 210 Å². The van der Waals surface area contributed by atoms with E-state index in [2.05, 4.69) is 39.1 Å². The van der Waals surface area contributed by atoms with Crippen molar-refractivity contribution in [2.75, 3.05) is 18.5 Å². The first-order valence-corrected chi connectivity index (χ1v) is 12.6. The Bertz CT molecular complexity index is 1210. The first kappa shape index (κ1) is 24.3. The first-order chi connectivity index (χ1) is 17.4. The van der Waals surface area contributed by atoms with Gasteiger partial charge in [-0.2, -0.15) is 0 Å². The molecule has 10 heteroatoms. The van der Waals surface area contributed by atoms with E-state index in [4.69, 9.17) is 4.74 Å². The lowest BCUT2D eigenvalue weighted by Gasteiger charge is -2.38. The van der Waals surface area contributed by atoms with Crippen LogP contribution in [0.2, 0.25) is 0 Å². The van der Waals surface area contributed by atoms with Crippen LogP contribution in [0.4, 0.5) is 16.0 Å². The number of anilines is 2. The van der Waals surface area contributed by atoms with Gasteiger partial charge in [0.25, 0.3) is 5.91 Å². The summed E-state index contributed by atoms with van der Waals surface area (Å²) < 4.78 is 22.4. The fourth-order valence-corrected chi connectivity index (χ4v) is 5.32. The predicted molar refractivity (Wildman–Crippen MR) is 134 cm³/mol. The number of carbonyl (C=O) groups excluding carboxylic acids is 1. The SMILES string of the molecule is Cc1ncc(-c2nc(Nc3ccc(C(=O)N4C(C)CCCC4C)nc3)ncc2F)n1C1CCOCC1. The van der Waals surface area contributed by atoms with Gasteiger partial charge in [-0.3, -0.25) is 4.79 Å². The molecule has 2 atom stereocenters. The fourth-order valence-electron chi connectivity index (χ4n) is 5.32. The van der Waals surface area contributed by atoms with Gasteiger partial charge in [0.05, 0.1) is 30.0 Å². The van der Waals surface area contributed by atoms with Crippen LogP contribution >= 0.6 is 0 Å². The van der Waals surface area contributed by atoms with Gasteiger partial charge in [0, 0.05) is 31.3 Å². The van der Waals surface area contributed by atoms with Crippen molar-refractivity contribution in [3.63, 3.8) is 0 Å². The quantitative estimate of drug-likeness (QED) is 0.551. The number of piperidine rings is 1. The zero-order chi connectivity index (χ0) is 25.2. The number of hydrogen-bond acceptors (Lipinski definition) is 7. The van der Waals surface area contributed by atoms with Gasteiger partial charge in [0.2, 0.25) is 5.95 Å². The summed E-state index contributed by atoms with van der Waals surface area (Å²) in [4.78, 5) is 32.4. The van der Waals surface area contributed by atoms with Crippen molar-refractivity contribution in [1.29, 1.82) is 0 Å². The van der Waals surface area contributed by atoms with Crippen LogP contribution in [0.5, 0.6) is 0 Å². The smallest absolute Gasteiger partial charge is 0.272 e. The molecule has 0 radical (unpaired) electrons. The highest BCUT2D eigenvalue weighted by Gasteiger charge is 2.30. The zero-order valence-electron chi connectivity index (χ0n) is 20.9. The minimum absolute atomic E-state index is 0.0571. The molecule has 0 spiro atoms. The molecule has 2 aliphatic heterocycles. The molecule has 3 aromatic rings. The minimum Gasteiger partial charge on any atom is -0.381 e. The van der Waals surface area contributed by atoms with Crippen LogP contribution in [0.15, 0.2) is 30.7 Å². The number of nitrogens with one attached hydrogen (secondary N) is 1. The van der Waals surface area contributed by atoms with E-state index in [1.807, 2.05) is 16.4 Å². The normalized spacial score (nSPS) is 20.9. The van der Waals surface area contributed by atoms with E-state index in [9.17, 15) is 9.18 Å². The number of likely N-dealkylation sites (tertiary alicyclic amines) is 1. The highest BCUT2D eigenvalue weighted by molar-refractivity contribution is 5.93. The molecule has 0 saturated carbocycles. The molecule has 3 aromatic heterocycles. The summed E-state index contributed by atoms with van der Waals surface area (Å²) in [5.74, 6) is 0.477. The number of aryl methyl sites for hydroxylation is 1. The average molecular weight is 494 g/mol. The molecular formula is C26H32FN7O2. The van der Waals surface area contributed by atoms with E-state index in [0.717, 1.165) is 44.1 Å². The minimum atomic E-state index is -0.516. The largest absolute Gasteiger partial charge is 0.381 e. The maximum Gasteiger partial charge on any atom is 0.272 e. The van der Waals surface area contributed by atoms with Crippen molar-refractivity contribution < 1.29 is 13.9 Å². The lowest BCUT2D eigenvalue weighted by molar-refractivity contribution is 0.0504. The molecule has 0 aliphatic carbocycles. The molecule has 2 fully saturated rings. The number of halogens is 1. The highest BCUT2D eigenvalue weighted by atomic mass is 19.1. The molecule has 2 unspecified atom stereocenters. The number of nitrogens with zero attached hydrogens (tertiary/aromatic N) is 6. The third kappa shape index (κ3) is 4.82. The van der Waals surface area contributed by atoms with E-state index in [1.54, 1.807) is 24.5 Å². The Morgan fingerprint density at radius 2 is 1.78 bits per heavy atom. The maximum atomic E-state index is 14.9. The zero-order valence-corrected chi connectivity index (χ0v) is 20.9. The summed E-state index contributed by atoms with van der Waals surface area (Å²) in [6, 6.07) is 4.05. The number of rotatable bonds is 5. The van der Waals surface area contributed by atoms with Crippen molar-refractivity contribution in [3.05, 3.63) is 48.1 Å². The van der Waals surface area contributed by atoms with Gasteiger partial charge in [0.15, 0.2) is 5.82 Å². The van der Waals surface area contributed by atoms with Gasteiger partial charge in [0.1, 0.15) is 17.2 Å². The molecule has 0 aromatic carbocycles. The van der Waals surface area contributed by atoms with E-state index in [0.29, 0.717) is 30.3 Å². The summed E-state index contributed by atoms with van der Waals surface area (Å²) in [5.41, 5.74) is 1.81. The Hall–Kier alpha value is -3.40. The van der Waals surface area contributed by atoms with Gasteiger partial charge in [-0.1, -0.05) is 0 Å². The summed E-state index contributed by atoms with van der Waals surface area (Å²) in [7, 11) is 0. The van der Waals surface area contributed by atoms with Crippen molar-refractivity contribution in [3.8, 4) is 11.4 Å². The molecule has 36 heavy (non-hydrogen) atoms. The Kier molecular flexibility index (Phi) is 6.95. The Balaban J connectivity index is 1.35. The van der Waals surface area contributed by atoms with Crippen LogP contribution in [0.1, 0.15) is 68.3 Å². The monoisotopic (exact) mass is 493 g/mol. The summed E-state index contributed by atoms with van der Waals surface area (Å²) in [6.45, 7) is 7.42. The Morgan fingerprint density at radius 3 is 2.47 bits per heavy atom. The van der Waals surface area contributed by atoms with Crippen LogP contribution < -0.4 is 5.32 Å². The molecule has 5 rings (SSSR count). The van der Waals surface area contributed by atoms with Gasteiger partial charge < -0.3 is 19.5 Å². The lowest BCUT2D eigenvalue weighted by Crippen LogP contribution is -2.47. The van der Waals surface area contributed by atoms with E-state index in [1.165, 1.54) is 0 Å². The van der Waals surface area contributed by atoms with Crippen molar-refractivity contribution in [2.45, 2.75) is 71.0 Å². The van der Waals surface area contributed by atoms with Gasteiger partial charge in [-0.05, 0) is 65.0 Å². The first-order valence-electron chi connectivity index (χ1n) is 12.6. The molecule has 2 aliphatic rings. The van der Waals surface area contributed by atoms with Crippen molar-refractivity contribution in [1.82, 2.24) is 29.4 Å². The van der Waals surface area contributed by atoms with E-state index >= 15 is 0 Å². The van der Waals surface area contributed by atoms with Crippen LogP contribution in [0.3, 0.4) is 0 Å². The highest BCUT2D eigenvalue weighted by Crippen LogP contribution is 2.31.